The van der Waals surface area contributed by atoms with E-state index in [0.29, 0.717) is 27.9 Å². The number of anilines is 3. The predicted octanol–water partition coefficient (Wildman–Crippen LogP) is 13.1. The van der Waals surface area contributed by atoms with E-state index in [1.54, 1.807) is 6.08 Å². The van der Waals surface area contributed by atoms with Gasteiger partial charge in [0.1, 0.15) is 11.3 Å². The summed E-state index contributed by atoms with van der Waals surface area (Å²) in [4.78, 5) is 2.61. The van der Waals surface area contributed by atoms with Gasteiger partial charge < -0.3 is 9.32 Å². The second-order valence-corrected chi connectivity index (χ2v) is 16.4. The predicted molar refractivity (Wildman–Crippen MR) is 221 cm³/mol. The highest BCUT2D eigenvalue weighted by atomic mass is 32.2. The number of rotatable bonds is 5. The molecule has 3 aliphatic rings. The fourth-order valence-corrected chi connectivity index (χ4v) is 10.1. The lowest BCUT2D eigenvalue weighted by Crippen LogP contribution is -2.10. The van der Waals surface area contributed by atoms with E-state index in [1.165, 1.54) is 43.6 Å². The van der Waals surface area contributed by atoms with Crippen molar-refractivity contribution in [1.29, 1.82) is 0 Å². The molecule has 0 saturated heterocycles. The molecule has 0 amide bonds. The zero-order valence-corrected chi connectivity index (χ0v) is 30.4. The first-order chi connectivity index (χ1) is 25.8. The van der Waals surface area contributed by atoms with E-state index < -0.39 is 9.84 Å². The summed E-state index contributed by atoms with van der Waals surface area (Å²) >= 11 is 0. The average Bonchev–Trinajstić information content (AvgIpc) is 3.72. The van der Waals surface area contributed by atoms with E-state index in [9.17, 15) is 8.42 Å². The summed E-state index contributed by atoms with van der Waals surface area (Å²) in [5.41, 5.74) is 10.1. The van der Waals surface area contributed by atoms with Crippen molar-refractivity contribution < 1.29 is 12.8 Å². The van der Waals surface area contributed by atoms with Crippen molar-refractivity contribution in [2.75, 3.05) is 4.90 Å². The van der Waals surface area contributed by atoms with Crippen LogP contribution >= 0.6 is 0 Å². The third-order valence-corrected chi connectivity index (χ3v) is 12.8. The molecule has 1 aromatic heterocycles. The van der Waals surface area contributed by atoms with Crippen molar-refractivity contribution in [1.82, 2.24) is 0 Å². The number of fused-ring (bicyclic) bond motifs is 9. The molecule has 2 atom stereocenters. The fourth-order valence-electron chi connectivity index (χ4n) is 8.72. The number of benzene rings is 6. The average molecular weight is 708 g/mol. The van der Waals surface area contributed by atoms with Crippen molar-refractivity contribution in [2.45, 2.75) is 38.5 Å². The van der Waals surface area contributed by atoms with Crippen molar-refractivity contribution >= 4 is 82.0 Å². The summed E-state index contributed by atoms with van der Waals surface area (Å²) in [6.45, 7) is 4.59. The van der Waals surface area contributed by atoms with E-state index in [4.69, 9.17) is 4.42 Å². The Balaban J connectivity index is 1.14. The molecule has 53 heavy (non-hydrogen) atoms. The second-order valence-electron chi connectivity index (χ2n) is 14.6. The molecule has 0 bridgehead atoms. The largest absolute Gasteiger partial charge is 0.456 e. The van der Waals surface area contributed by atoms with Crippen molar-refractivity contribution in [3.63, 3.8) is 0 Å². The van der Waals surface area contributed by atoms with Gasteiger partial charge in [-0.15, -0.1) is 0 Å². The molecule has 0 N–H and O–H groups in total. The van der Waals surface area contributed by atoms with Crippen LogP contribution in [0.5, 0.6) is 0 Å². The van der Waals surface area contributed by atoms with Gasteiger partial charge in [-0.05, 0) is 123 Å². The summed E-state index contributed by atoms with van der Waals surface area (Å²) < 4.78 is 32.9. The SMILES string of the molecule is CC1CC=Cc2oc3cc(N(c4ccc(C5=CS(=O)(=O)C(c6ccccc6)=C5)cc4)c4ccc5c6c(c7ccccc7c5c4)C(C)CC=C6)ccc3c21. The summed E-state index contributed by atoms with van der Waals surface area (Å²) in [5, 5.41) is 7.58. The standard InChI is InChI=1S/C48H37NO3S/c1-30-10-8-16-41-39-24-22-36(27-43(39)38-14-6-7-15-40(38)47(30)41)49(37-23-25-42-45(28-37)52-44-17-9-11-31(2)48(42)44)35-20-18-32(19-21-35)34-26-46(53(50,51)29-34)33-12-4-3-5-13-33/h3-9,12-31H,10-11H2,1-2H3. The van der Waals surface area contributed by atoms with Gasteiger partial charge in [-0.3, -0.25) is 0 Å². The Hall–Kier alpha value is -5.91. The van der Waals surface area contributed by atoms with Gasteiger partial charge in [0.05, 0.1) is 4.91 Å². The number of hydrogen-bond donors (Lipinski definition) is 0. The fraction of sp³-hybridized carbons (Fsp3) is 0.125. The van der Waals surface area contributed by atoms with Gasteiger partial charge in [-0.2, -0.15) is 0 Å². The number of allylic oxidation sites excluding steroid dienone is 4. The highest BCUT2D eigenvalue weighted by Gasteiger charge is 2.26. The second kappa shape index (κ2) is 12.1. The molecule has 2 heterocycles. The lowest BCUT2D eigenvalue weighted by Gasteiger charge is -2.27. The maximum absolute atomic E-state index is 13.2. The Labute approximate surface area is 309 Å². The Bertz CT molecular complexity index is 2870. The van der Waals surface area contributed by atoms with Crippen LogP contribution in [0.3, 0.4) is 0 Å². The number of sulfone groups is 1. The van der Waals surface area contributed by atoms with Gasteiger partial charge in [-0.25, -0.2) is 8.42 Å². The van der Waals surface area contributed by atoms with Crippen LogP contribution < -0.4 is 4.90 Å². The van der Waals surface area contributed by atoms with Gasteiger partial charge in [-0.1, -0.05) is 105 Å². The van der Waals surface area contributed by atoms with Crippen LogP contribution in [0, 0.1) is 0 Å². The minimum absolute atomic E-state index is 0.326. The molecule has 0 radical (unpaired) electrons. The third-order valence-electron chi connectivity index (χ3n) is 11.3. The summed E-state index contributed by atoms with van der Waals surface area (Å²) in [7, 11) is -3.56. The van der Waals surface area contributed by atoms with Crippen molar-refractivity contribution in [2.24, 2.45) is 0 Å². The van der Waals surface area contributed by atoms with E-state index in [0.717, 1.165) is 52.2 Å². The van der Waals surface area contributed by atoms with Crippen LogP contribution in [0.15, 0.2) is 143 Å². The van der Waals surface area contributed by atoms with Crippen LogP contribution in [0.1, 0.15) is 72.1 Å². The van der Waals surface area contributed by atoms with E-state index in [-0.39, 0.29) is 0 Å². The smallest absolute Gasteiger partial charge is 0.201 e. The van der Waals surface area contributed by atoms with Gasteiger partial charge in [0.2, 0.25) is 9.84 Å². The number of nitrogens with zero attached hydrogens (tertiary/aromatic N) is 1. The van der Waals surface area contributed by atoms with Crippen LogP contribution in [-0.4, -0.2) is 8.42 Å². The number of furan rings is 1. The summed E-state index contributed by atoms with van der Waals surface area (Å²) in [6.07, 6.45) is 12.7. The van der Waals surface area contributed by atoms with Crippen LogP contribution in [-0.2, 0) is 9.84 Å². The van der Waals surface area contributed by atoms with Crippen LogP contribution in [0.25, 0.3) is 55.1 Å². The minimum atomic E-state index is -3.56. The van der Waals surface area contributed by atoms with Crippen LogP contribution in [0.2, 0.25) is 0 Å². The lowest BCUT2D eigenvalue weighted by molar-refractivity contribution is 0.586. The first kappa shape index (κ1) is 31.8. The Kier molecular flexibility index (Phi) is 7.24. The molecule has 2 aliphatic carbocycles. The molecule has 258 valence electrons. The highest BCUT2D eigenvalue weighted by Crippen LogP contribution is 2.46. The van der Waals surface area contributed by atoms with Gasteiger partial charge in [0.15, 0.2) is 0 Å². The van der Waals surface area contributed by atoms with Crippen molar-refractivity contribution in [3.05, 3.63) is 172 Å². The molecular weight excluding hydrogens is 671 g/mol. The van der Waals surface area contributed by atoms with Gasteiger partial charge in [0.25, 0.3) is 0 Å². The maximum Gasteiger partial charge on any atom is 0.201 e. The van der Waals surface area contributed by atoms with E-state index in [1.807, 2.05) is 42.5 Å². The molecule has 5 heteroatoms. The molecule has 2 unspecified atom stereocenters. The number of hydrogen-bond acceptors (Lipinski definition) is 4. The van der Waals surface area contributed by atoms with Gasteiger partial charge in [0, 0.05) is 39.5 Å². The Morgan fingerprint density at radius 2 is 1.26 bits per heavy atom. The molecule has 1 aliphatic heterocycles. The molecular formula is C48H37NO3S. The van der Waals surface area contributed by atoms with E-state index >= 15 is 0 Å². The maximum atomic E-state index is 13.2. The Morgan fingerprint density at radius 1 is 0.604 bits per heavy atom. The van der Waals surface area contributed by atoms with E-state index in [2.05, 4.69) is 116 Å². The molecule has 0 spiro atoms. The Morgan fingerprint density at radius 3 is 2.06 bits per heavy atom. The lowest BCUT2D eigenvalue weighted by atomic mass is 9.81. The van der Waals surface area contributed by atoms with Gasteiger partial charge >= 0.3 is 0 Å². The zero-order valence-electron chi connectivity index (χ0n) is 29.6. The molecule has 4 nitrogen and oxygen atoms in total. The molecule has 10 rings (SSSR count). The zero-order chi connectivity index (χ0) is 35.8. The normalized spacial score (nSPS) is 18.6. The molecule has 7 aromatic rings. The first-order valence-corrected chi connectivity index (χ1v) is 19.9. The van der Waals surface area contributed by atoms with Crippen LogP contribution in [0.4, 0.5) is 17.1 Å². The minimum Gasteiger partial charge on any atom is -0.456 e. The highest BCUT2D eigenvalue weighted by molar-refractivity contribution is 8.03. The quantitative estimate of drug-likeness (QED) is 0.167. The molecule has 0 fully saturated rings. The summed E-state index contributed by atoms with van der Waals surface area (Å²) in [5.74, 6) is 1.79. The first-order valence-electron chi connectivity index (χ1n) is 18.4. The molecule has 6 aromatic carbocycles. The monoisotopic (exact) mass is 707 g/mol. The third kappa shape index (κ3) is 5.14. The summed E-state index contributed by atoms with van der Waals surface area (Å²) in [6, 6.07) is 39.7. The topological polar surface area (TPSA) is 50.5 Å². The van der Waals surface area contributed by atoms with Crippen molar-refractivity contribution in [3.8, 4) is 0 Å². The molecule has 0 saturated carbocycles.